The summed E-state index contributed by atoms with van der Waals surface area (Å²) in [6.45, 7) is 2.88. The Morgan fingerprint density at radius 3 is 3.06 bits per heavy atom. The molecule has 0 radical (unpaired) electrons. The van der Waals surface area contributed by atoms with Crippen molar-refractivity contribution in [3.05, 3.63) is 22.5 Å². The SMILES string of the molecule is CCC1CCCCN1C(=O)Nc1ccc(=O)[nH]n1. The van der Waals surface area contributed by atoms with Gasteiger partial charge in [0.05, 0.1) is 0 Å². The fraction of sp³-hybridized carbons (Fsp3) is 0.583. The predicted octanol–water partition coefficient (Wildman–Crippen LogP) is 1.57. The number of nitrogens with one attached hydrogen (secondary N) is 2. The third-order valence-corrected chi connectivity index (χ3v) is 3.27. The number of nitrogens with zero attached hydrogens (tertiary/aromatic N) is 2. The molecule has 0 bridgehead atoms. The maximum Gasteiger partial charge on any atom is 0.323 e. The first kappa shape index (κ1) is 12.6. The van der Waals surface area contributed by atoms with Gasteiger partial charge in [0.25, 0.3) is 5.56 Å². The van der Waals surface area contributed by atoms with Crippen molar-refractivity contribution in [2.24, 2.45) is 0 Å². The largest absolute Gasteiger partial charge is 0.323 e. The van der Waals surface area contributed by atoms with E-state index in [4.69, 9.17) is 0 Å². The highest BCUT2D eigenvalue weighted by atomic mass is 16.2. The molecule has 2 rings (SSSR count). The van der Waals surface area contributed by atoms with Crippen molar-refractivity contribution in [3.63, 3.8) is 0 Å². The Morgan fingerprint density at radius 1 is 1.56 bits per heavy atom. The van der Waals surface area contributed by atoms with Crippen LogP contribution in [0.2, 0.25) is 0 Å². The van der Waals surface area contributed by atoms with Crippen LogP contribution in [0.4, 0.5) is 10.6 Å². The van der Waals surface area contributed by atoms with Crippen molar-refractivity contribution in [3.8, 4) is 0 Å². The molecule has 2 N–H and O–H groups in total. The fourth-order valence-corrected chi connectivity index (χ4v) is 2.29. The zero-order chi connectivity index (χ0) is 13.0. The van der Waals surface area contributed by atoms with Crippen LogP contribution in [-0.4, -0.2) is 33.7 Å². The van der Waals surface area contributed by atoms with E-state index >= 15 is 0 Å². The van der Waals surface area contributed by atoms with Gasteiger partial charge >= 0.3 is 6.03 Å². The molecule has 1 saturated heterocycles. The molecule has 0 aromatic carbocycles. The maximum absolute atomic E-state index is 12.1. The minimum Gasteiger partial charge on any atom is -0.322 e. The van der Waals surface area contributed by atoms with Gasteiger partial charge in [-0.2, -0.15) is 5.10 Å². The summed E-state index contributed by atoms with van der Waals surface area (Å²) in [6.07, 6.45) is 4.25. The van der Waals surface area contributed by atoms with Crippen molar-refractivity contribution < 1.29 is 4.79 Å². The van der Waals surface area contributed by atoms with Crippen LogP contribution in [0, 0.1) is 0 Å². The minimum atomic E-state index is -0.280. The summed E-state index contributed by atoms with van der Waals surface area (Å²) in [6, 6.07) is 3.01. The molecule has 0 aliphatic carbocycles. The Labute approximate surface area is 105 Å². The molecular weight excluding hydrogens is 232 g/mol. The highest BCUT2D eigenvalue weighted by Gasteiger charge is 2.25. The zero-order valence-corrected chi connectivity index (χ0v) is 10.5. The summed E-state index contributed by atoms with van der Waals surface area (Å²) in [5, 5.41) is 8.77. The average molecular weight is 250 g/mol. The van der Waals surface area contributed by atoms with Gasteiger partial charge in [0.1, 0.15) is 0 Å². The smallest absolute Gasteiger partial charge is 0.322 e. The summed E-state index contributed by atoms with van der Waals surface area (Å²) in [5.74, 6) is 0.375. The van der Waals surface area contributed by atoms with Crippen molar-refractivity contribution in [2.45, 2.75) is 38.6 Å². The number of rotatable bonds is 2. The average Bonchev–Trinajstić information content (AvgIpc) is 2.41. The summed E-state index contributed by atoms with van der Waals surface area (Å²) >= 11 is 0. The van der Waals surface area contributed by atoms with E-state index in [1.165, 1.54) is 18.6 Å². The summed E-state index contributed by atoms with van der Waals surface area (Å²) in [4.78, 5) is 24.8. The van der Waals surface area contributed by atoms with Gasteiger partial charge in [-0.1, -0.05) is 6.92 Å². The quantitative estimate of drug-likeness (QED) is 0.836. The molecular formula is C12H18N4O2. The lowest BCUT2D eigenvalue weighted by Gasteiger charge is -2.34. The Kier molecular flexibility index (Phi) is 3.96. The molecule has 1 atom stereocenters. The first-order valence-corrected chi connectivity index (χ1v) is 6.34. The Bertz CT molecular complexity index is 451. The summed E-state index contributed by atoms with van der Waals surface area (Å²) in [5.41, 5.74) is -0.280. The van der Waals surface area contributed by atoms with Crippen LogP contribution in [0.15, 0.2) is 16.9 Å². The molecule has 0 saturated carbocycles. The molecule has 1 fully saturated rings. The van der Waals surface area contributed by atoms with Crippen LogP contribution < -0.4 is 10.9 Å². The van der Waals surface area contributed by atoms with Crippen molar-refractivity contribution in [1.29, 1.82) is 0 Å². The van der Waals surface area contributed by atoms with Gasteiger partial charge in [-0.3, -0.25) is 10.1 Å². The number of H-pyrrole nitrogens is 1. The number of piperidine rings is 1. The number of carbonyl (C=O) groups is 1. The molecule has 1 aliphatic heterocycles. The lowest BCUT2D eigenvalue weighted by molar-refractivity contribution is 0.160. The fourth-order valence-electron chi connectivity index (χ4n) is 2.29. The number of aromatic amines is 1. The van der Waals surface area contributed by atoms with Gasteiger partial charge in [-0.15, -0.1) is 0 Å². The maximum atomic E-state index is 12.1. The summed E-state index contributed by atoms with van der Waals surface area (Å²) in [7, 11) is 0. The van der Waals surface area contributed by atoms with E-state index in [1.54, 1.807) is 0 Å². The van der Waals surface area contributed by atoms with E-state index in [2.05, 4.69) is 22.4 Å². The second-order valence-electron chi connectivity index (χ2n) is 4.49. The number of anilines is 1. The Hall–Kier alpha value is -1.85. The van der Waals surface area contributed by atoms with Gasteiger partial charge in [0.15, 0.2) is 5.82 Å². The van der Waals surface area contributed by atoms with Crippen LogP contribution in [0.3, 0.4) is 0 Å². The van der Waals surface area contributed by atoms with Crippen molar-refractivity contribution in [1.82, 2.24) is 15.1 Å². The molecule has 0 spiro atoms. The van der Waals surface area contributed by atoms with E-state index in [0.717, 1.165) is 25.8 Å². The number of amides is 2. The summed E-state index contributed by atoms with van der Waals surface area (Å²) < 4.78 is 0. The number of carbonyl (C=O) groups excluding carboxylic acids is 1. The Balaban J connectivity index is 2.02. The van der Waals surface area contributed by atoms with Gasteiger partial charge in [-0.05, 0) is 31.7 Å². The van der Waals surface area contributed by atoms with E-state index in [-0.39, 0.29) is 11.6 Å². The highest BCUT2D eigenvalue weighted by molar-refractivity contribution is 5.88. The second-order valence-corrected chi connectivity index (χ2v) is 4.49. The molecule has 2 amide bonds. The van der Waals surface area contributed by atoms with Crippen LogP contribution in [0.25, 0.3) is 0 Å². The van der Waals surface area contributed by atoms with Gasteiger partial charge in [-0.25, -0.2) is 9.89 Å². The zero-order valence-electron chi connectivity index (χ0n) is 10.5. The third-order valence-electron chi connectivity index (χ3n) is 3.27. The number of urea groups is 1. The number of aromatic nitrogens is 2. The molecule has 1 aliphatic rings. The minimum absolute atomic E-state index is 0.138. The van der Waals surface area contributed by atoms with E-state index in [9.17, 15) is 9.59 Å². The van der Waals surface area contributed by atoms with Crippen LogP contribution in [-0.2, 0) is 0 Å². The molecule has 2 heterocycles. The number of hydrogen-bond acceptors (Lipinski definition) is 3. The van der Waals surface area contributed by atoms with Crippen LogP contribution >= 0.6 is 0 Å². The third kappa shape index (κ3) is 2.88. The molecule has 98 valence electrons. The molecule has 1 aromatic heterocycles. The van der Waals surface area contributed by atoms with Crippen LogP contribution in [0.5, 0.6) is 0 Å². The number of likely N-dealkylation sites (tertiary alicyclic amines) is 1. The molecule has 1 aromatic rings. The monoisotopic (exact) mass is 250 g/mol. The normalized spacial score (nSPS) is 19.6. The highest BCUT2D eigenvalue weighted by Crippen LogP contribution is 2.20. The first-order chi connectivity index (χ1) is 8.70. The van der Waals surface area contributed by atoms with Gasteiger partial charge < -0.3 is 4.90 Å². The molecule has 1 unspecified atom stereocenters. The van der Waals surface area contributed by atoms with Crippen LogP contribution in [0.1, 0.15) is 32.6 Å². The Morgan fingerprint density at radius 2 is 2.39 bits per heavy atom. The van der Waals surface area contributed by atoms with E-state index in [1.807, 2.05) is 4.90 Å². The van der Waals surface area contributed by atoms with Gasteiger partial charge in [0.2, 0.25) is 0 Å². The molecule has 18 heavy (non-hydrogen) atoms. The lowest BCUT2D eigenvalue weighted by atomic mass is 10.0. The van der Waals surface area contributed by atoms with E-state index in [0.29, 0.717) is 11.9 Å². The standard InChI is InChI=1S/C12H18N4O2/c1-2-9-5-3-4-8-16(9)12(18)13-10-6-7-11(17)15-14-10/h6-7,9H,2-5,8H2,1H3,(H,15,17)(H,13,14,18). The van der Waals surface area contributed by atoms with Crippen molar-refractivity contribution in [2.75, 3.05) is 11.9 Å². The van der Waals surface area contributed by atoms with Crippen molar-refractivity contribution >= 4 is 11.8 Å². The second kappa shape index (κ2) is 5.66. The topological polar surface area (TPSA) is 78.1 Å². The molecule has 6 heteroatoms. The predicted molar refractivity (Wildman–Crippen MR) is 68.5 cm³/mol. The lowest BCUT2D eigenvalue weighted by Crippen LogP contribution is -2.45. The van der Waals surface area contributed by atoms with Gasteiger partial charge in [0, 0.05) is 18.7 Å². The number of hydrogen-bond donors (Lipinski definition) is 2. The van der Waals surface area contributed by atoms with E-state index < -0.39 is 0 Å². The first-order valence-electron chi connectivity index (χ1n) is 6.34. The molecule has 6 nitrogen and oxygen atoms in total.